The Labute approximate surface area is 99.9 Å². The number of hydrogen-bond acceptors (Lipinski definition) is 5. The van der Waals surface area contributed by atoms with Crippen molar-refractivity contribution in [2.45, 2.75) is 12.5 Å². The van der Waals surface area contributed by atoms with Crippen LogP contribution in [0.15, 0.2) is 6.07 Å². The molecule has 1 aromatic rings. The molecule has 0 aromatic heterocycles. The highest BCUT2D eigenvalue weighted by Gasteiger charge is 2.29. The predicted octanol–water partition coefficient (Wildman–Crippen LogP) is 1.53. The lowest BCUT2D eigenvalue weighted by Gasteiger charge is -2.26. The SMILES string of the molecule is COc1cc2c(c(OC)c1OC)C(O)CCO2. The molecule has 1 unspecified atom stereocenters. The van der Waals surface area contributed by atoms with E-state index in [1.54, 1.807) is 13.2 Å². The fourth-order valence-corrected chi connectivity index (χ4v) is 2.02. The maximum Gasteiger partial charge on any atom is 0.203 e. The van der Waals surface area contributed by atoms with Gasteiger partial charge in [0, 0.05) is 12.5 Å². The van der Waals surface area contributed by atoms with E-state index in [-0.39, 0.29) is 0 Å². The third-order valence-electron chi connectivity index (χ3n) is 2.81. The van der Waals surface area contributed by atoms with Crippen LogP contribution in [-0.4, -0.2) is 33.0 Å². The highest BCUT2D eigenvalue weighted by molar-refractivity contribution is 5.62. The van der Waals surface area contributed by atoms with Crippen LogP contribution in [0.4, 0.5) is 0 Å². The number of aliphatic hydroxyl groups excluding tert-OH is 1. The van der Waals surface area contributed by atoms with Gasteiger partial charge < -0.3 is 24.1 Å². The number of hydrogen-bond donors (Lipinski definition) is 1. The maximum absolute atomic E-state index is 10.0. The Bertz CT molecular complexity index is 416. The van der Waals surface area contributed by atoms with E-state index in [4.69, 9.17) is 18.9 Å². The Kier molecular flexibility index (Phi) is 3.28. The first-order chi connectivity index (χ1) is 8.22. The monoisotopic (exact) mass is 240 g/mol. The zero-order valence-corrected chi connectivity index (χ0v) is 10.1. The van der Waals surface area contributed by atoms with Crippen LogP contribution >= 0.6 is 0 Å². The molecule has 1 aromatic carbocycles. The molecule has 0 saturated heterocycles. The number of fused-ring (bicyclic) bond motifs is 1. The molecule has 5 heteroatoms. The molecule has 1 aliphatic rings. The lowest BCUT2D eigenvalue weighted by Crippen LogP contribution is -2.15. The summed E-state index contributed by atoms with van der Waals surface area (Å²) in [7, 11) is 4.60. The van der Waals surface area contributed by atoms with Gasteiger partial charge in [0.15, 0.2) is 11.5 Å². The van der Waals surface area contributed by atoms with Gasteiger partial charge in [-0.2, -0.15) is 0 Å². The fourth-order valence-electron chi connectivity index (χ4n) is 2.02. The van der Waals surface area contributed by atoms with Gasteiger partial charge in [-0.15, -0.1) is 0 Å². The van der Waals surface area contributed by atoms with E-state index in [1.807, 2.05) is 0 Å². The Morgan fingerprint density at radius 3 is 2.47 bits per heavy atom. The van der Waals surface area contributed by atoms with Crippen molar-refractivity contribution in [3.63, 3.8) is 0 Å². The normalized spacial score (nSPS) is 18.0. The van der Waals surface area contributed by atoms with Gasteiger partial charge in [0.25, 0.3) is 0 Å². The van der Waals surface area contributed by atoms with E-state index >= 15 is 0 Å². The molecule has 1 N–H and O–H groups in total. The van der Waals surface area contributed by atoms with E-state index in [2.05, 4.69) is 0 Å². The van der Waals surface area contributed by atoms with Crippen LogP contribution in [-0.2, 0) is 0 Å². The van der Waals surface area contributed by atoms with Gasteiger partial charge in [-0.25, -0.2) is 0 Å². The molecule has 0 bridgehead atoms. The van der Waals surface area contributed by atoms with Crippen LogP contribution in [0.2, 0.25) is 0 Å². The second kappa shape index (κ2) is 4.71. The third kappa shape index (κ3) is 1.86. The molecule has 0 aliphatic carbocycles. The van der Waals surface area contributed by atoms with E-state index in [0.717, 1.165) is 0 Å². The molecule has 0 fully saturated rings. The number of benzene rings is 1. The van der Waals surface area contributed by atoms with Crippen LogP contribution in [0.25, 0.3) is 0 Å². The number of methoxy groups -OCH3 is 3. The topological polar surface area (TPSA) is 57.2 Å². The quantitative estimate of drug-likeness (QED) is 0.868. The predicted molar refractivity (Wildman–Crippen MR) is 61.2 cm³/mol. The first kappa shape index (κ1) is 11.9. The molecule has 0 spiro atoms. The summed E-state index contributed by atoms with van der Waals surface area (Å²) in [6, 6.07) is 1.71. The summed E-state index contributed by atoms with van der Waals surface area (Å²) >= 11 is 0. The van der Waals surface area contributed by atoms with E-state index in [9.17, 15) is 5.11 Å². The second-order valence-electron chi connectivity index (χ2n) is 3.71. The summed E-state index contributed by atoms with van der Waals surface area (Å²) in [5.41, 5.74) is 0.622. The molecule has 5 nitrogen and oxygen atoms in total. The lowest BCUT2D eigenvalue weighted by atomic mass is 10.0. The minimum Gasteiger partial charge on any atom is -0.493 e. The van der Waals surface area contributed by atoms with Gasteiger partial charge in [0.2, 0.25) is 5.75 Å². The van der Waals surface area contributed by atoms with Gasteiger partial charge in [0.05, 0.1) is 39.6 Å². The molecule has 1 atom stereocenters. The van der Waals surface area contributed by atoms with Gasteiger partial charge in [-0.05, 0) is 0 Å². The highest BCUT2D eigenvalue weighted by Crippen LogP contribution is 2.49. The Morgan fingerprint density at radius 1 is 1.18 bits per heavy atom. The first-order valence-electron chi connectivity index (χ1n) is 5.36. The summed E-state index contributed by atoms with van der Waals surface area (Å²) < 4.78 is 21.3. The van der Waals surface area contributed by atoms with Crippen molar-refractivity contribution in [1.29, 1.82) is 0 Å². The minimum absolute atomic E-state index is 0.467. The summed E-state index contributed by atoms with van der Waals surface area (Å²) in [5, 5.41) is 10.0. The van der Waals surface area contributed by atoms with Crippen molar-refractivity contribution < 1.29 is 24.1 Å². The van der Waals surface area contributed by atoms with Gasteiger partial charge in [-0.1, -0.05) is 0 Å². The molecule has 0 radical (unpaired) electrons. The van der Waals surface area contributed by atoms with Crippen molar-refractivity contribution in [3.8, 4) is 23.0 Å². The van der Waals surface area contributed by atoms with Gasteiger partial charge in [-0.3, -0.25) is 0 Å². The van der Waals surface area contributed by atoms with E-state index in [0.29, 0.717) is 41.6 Å². The smallest absolute Gasteiger partial charge is 0.203 e. The number of rotatable bonds is 3. The van der Waals surface area contributed by atoms with Crippen LogP contribution in [0.3, 0.4) is 0 Å². The van der Waals surface area contributed by atoms with E-state index < -0.39 is 6.10 Å². The minimum atomic E-state index is -0.603. The van der Waals surface area contributed by atoms with Crippen molar-refractivity contribution in [1.82, 2.24) is 0 Å². The molecular formula is C12H16O5. The molecule has 94 valence electrons. The average Bonchev–Trinajstić information content (AvgIpc) is 2.36. The molecule has 2 rings (SSSR count). The Morgan fingerprint density at radius 2 is 1.88 bits per heavy atom. The average molecular weight is 240 g/mol. The standard InChI is InChI=1S/C12H16O5/c1-14-9-6-8-10(7(13)4-5-17-8)12(16-3)11(9)15-2/h6-7,13H,4-5H2,1-3H3. The molecule has 0 saturated carbocycles. The summed E-state index contributed by atoms with van der Waals surface area (Å²) in [6.07, 6.45) is -0.0627. The van der Waals surface area contributed by atoms with Crippen molar-refractivity contribution in [3.05, 3.63) is 11.6 Å². The van der Waals surface area contributed by atoms with Crippen molar-refractivity contribution in [2.75, 3.05) is 27.9 Å². The number of aliphatic hydroxyl groups is 1. The van der Waals surface area contributed by atoms with Crippen molar-refractivity contribution in [2.24, 2.45) is 0 Å². The summed E-state index contributed by atoms with van der Waals surface area (Å²) in [5.74, 6) is 2.04. The molecular weight excluding hydrogens is 224 g/mol. The van der Waals surface area contributed by atoms with E-state index in [1.165, 1.54) is 14.2 Å². The maximum atomic E-state index is 10.0. The summed E-state index contributed by atoms with van der Waals surface area (Å²) in [4.78, 5) is 0. The first-order valence-corrected chi connectivity index (χ1v) is 5.36. The third-order valence-corrected chi connectivity index (χ3v) is 2.81. The molecule has 0 amide bonds. The Balaban J connectivity index is 2.65. The zero-order valence-electron chi connectivity index (χ0n) is 10.1. The van der Waals surface area contributed by atoms with Gasteiger partial charge >= 0.3 is 0 Å². The number of ether oxygens (including phenoxy) is 4. The van der Waals surface area contributed by atoms with Crippen LogP contribution in [0.5, 0.6) is 23.0 Å². The Hall–Kier alpha value is -1.62. The molecule has 1 aliphatic heterocycles. The largest absolute Gasteiger partial charge is 0.493 e. The van der Waals surface area contributed by atoms with Crippen LogP contribution in [0, 0.1) is 0 Å². The fraction of sp³-hybridized carbons (Fsp3) is 0.500. The van der Waals surface area contributed by atoms with Crippen molar-refractivity contribution >= 4 is 0 Å². The second-order valence-corrected chi connectivity index (χ2v) is 3.71. The van der Waals surface area contributed by atoms with Gasteiger partial charge in [0.1, 0.15) is 5.75 Å². The molecule has 17 heavy (non-hydrogen) atoms. The summed E-state index contributed by atoms with van der Waals surface area (Å²) in [6.45, 7) is 0.479. The zero-order chi connectivity index (χ0) is 12.4. The van der Waals surface area contributed by atoms with Crippen LogP contribution < -0.4 is 18.9 Å². The highest BCUT2D eigenvalue weighted by atomic mass is 16.5. The van der Waals surface area contributed by atoms with Crippen LogP contribution in [0.1, 0.15) is 18.1 Å². The molecule has 1 heterocycles. The lowest BCUT2D eigenvalue weighted by molar-refractivity contribution is 0.110.